The molecule has 0 saturated carbocycles. The lowest BCUT2D eigenvalue weighted by Crippen LogP contribution is -2.34. The summed E-state index contributed by atoms with van der Waals surface area (Å²) < 4.78 is 65.5. The molecule has 1 amide bonds. The van der Waals surface area contributed by atoms with Crippen molar-refractivity contribution in [1.29, 1.82) is 0 Å². The highest BCUT2D eigenvalue weighted by molar-refractivity contribution is 6.76. The fourth-order valence-electron chi connectivity index (χ4n) is 3.14. The summed E-state index contributed by atoms with van der Waals surface area (Å²) in [6.07, 6.45) is 0.0946. The minimum Gasteiger partial charge on any atom is -0.506 e. The normalized spacial score (nSPS) is 12.8. The number of benzene rings is 2. The number of halogens is 4. The minimum atomic E-state index is -2.22. The molecule has 0 bridgehead atoms. The molecule has 1 atom stereocenters. The number of phenols is 1. The average Bonchev–Trinajstić information content (AvgIpc) is 2.82. The van der Waals surface area contributed by atoms with E-state index in [-0.39, 0.29) is 18.3 Å². The first kappa shape index (κ1) is 32.5. The number of nitrogens with one attached hydrogen (secondary N) is 1. The van der Waals surface area contributed by atoms with Crippen LogP contribution in [0, 0.1) is 29.2 Å². The Kier molecular flexibility index (Phi) is 10.6. The number of esters is 1. The van der Waals surface area contributed by atoms with Crippen molar-refractivity contribution < 1.29 is 46.5 Å². The van der Waals surface area contributed by atoms with E-state index in [1.807, 2.05) is 0 Å². The summed E-state index contributed by atoms with van der Waals surface area (Å²) in [6, 6.07) is 5.01. The molecule has 2 N–H and O–H groups in total. The van der Waals surface area contributed by atoms with Crippen LogP contribution in [0.5, 0.6) is 5.75 Å². The number of carbonyl (C=O) groups excluding carboxylic acids is 3. The van der Waals surface area contributed by atoms with Gasteiger partial charge < -0.3 is 19.9 Å². The number of hydrogen-bond acceptors (Lipinski definition) is 7. The van der Waals surface area contributed by atoms with E-state index in [2.05, 4.69) is 30.0 Å². The maximum absolute atomic E-state index is 14.3. The van der Waals surface area contributed by atoms with Gasteiger partial charge in [-0.15, -0.1) is 0 Å². The molecule has 0 radical (unpaired) electrons. The van der Waals surface area contributed by atoms with Crippen LogP contribution in [-0.4, -0.2) is 49.4 Å². The number of amides is 1. The second kappa shape index (κ2) is 13.1. The van der Waals surface area contributed by atoms with Gasteiger partial charge in [0.15, 0.2) is 35.0 Å². The van der Waals surface area contributed by atoms with Gasteiger partial charge in [0, 0.05) is 20.8 Å². The Labute approximate surface area is 230 Å². The molecule has 40 heavy (non-hydrogen) atoms. The molecule has 1 unspecified atom stereocenters. The lowest BCUT2D eigenvalue weighted by Gasteiger charge is -2.22. The number of ketones is 1. The first-order chi connectivity index (χ1) is 18.4. The lowest BCUT2D eigenvalue weighted by molar-refractivity contribution is -0.155. The van der Waals surface area contributed by atoms with Crippen LogP contribution >= 0.6 is 0 Å². The van der Waals surface area contributed by atoms with Gasteiger partial charge >= 0.3 is 12.1 Å². The van der Waals surface area contributed by atoms with Crippen molar-refractivity contribution in [2.75, 3.05) is 6.61 Å². The quantitative estimate of drug-likeness (QED) is 0.0513. The summed E-state index contributed by atoms with van der Waals surface area (Å²) in [5, 5.41) is 12.9. The second-order valence-corrected chi connectivity index (χ2v) is 16.7. The predicted octanol–water partition coefficient (Wildman–Crippen LogP) is 6.06. The number of ether oxygens (including phenoxy) is 2. The van der Waals surface area contributed by atoms with Crippen LogP contribution in [0.15, 0.2) is 29.3 Å². The summed E-state index contributed by atoms with van der Waals surface area (Å²) in [7, 11) is -1.37. The van der Waals surface area contributed by atoms with Crippen molar-refractivity contribution in [1.82, 2.24) is 5.32 Å². The fourth-order valence-corrected chi connectivity index (χ4v) is 3.85. The Morgan fingerprint density at radius 2 is 1.70 bits per heavy atom. The summed E-state index contributed by atoms with van der Waals surface area (Å²) in [6.45, 7) is 11.2. The molecule has 218 valence electrons. The number of rotatable bonds is 10. The molecule has 13 heteroatoms. The smallest absolute Gasteiger partial charge is 0.407 e. The number of nitrogens with zero attached hydrogens (tertiary/aromatic N) is 1. The van der Waals surface area contributed by atoms with Crippen molar-refractivity contribution in [2.24, 2.45) is 10.9 Å². The molecular formula is C27H32F4N2O6Si. The van der Waals surface area contributed by atoms with Crippen LogP contribution in [0.1, 0.15) is 36.7 Å². The standard InChI is InChI=1S/C27H32F4N2O6Si/c1-27(2,3)39-25(36)17(24(35)16-12-18(28)22(30)23(31)21(16)29)14-32-19-8-7-15(11-20(19)34)13-33-26(37)38-9-10-40(4,5)6/h7-8,11-12,14,17,34H,9-10,13H2,1-6H3,(H,33,37). The molecule has 0 fully saturated rings. The van der Waals surface area contributed by atoms with Gasteiger partial charge in [-0.2, -0.15) is 0 Å². The Bertz CT molecular complexity index is 1310. The number of alkyl carbamates (subject to hydrolysis) is 1. The van der Waals surface area contributed by atoms with Crippen LogP contribution in [0.4, 0.5) is 28.0 Å². The molecular weight excluding hydrogens is 552 g/mol. The van der Waals surface area contributed by atoms with Gasteiger partial charge in [0.1, 0.15) is 17.0 Å². The highest BCUT2D eigenvalue weighted by atomic mass is 28.3. The van der Waals surface area contributed by atoms with E-state index in [0.717, 1.165) is 12.3 Å². The molecule has 0 heterocycles. The topological polar surface area (TPSA) is 114 Å². The van der Waals surface area contributed by atoms with Gasteiger partial charge in [-0.05, 0) is 50.6 Å². The Hall–Kier alpha value is -3.74. The average molecular weight is 585 g/mol. The van der Waals surface area contributed by atoms with Gasteiger partial charge in [0.2, 0.25) is 0 Å². The zero-order valence-corrected chi connectivity index (χ0v) is 24.0. The first-order valence-corrected chi connectivity index (χ1v) is 16.0. The van der Waals surface area contributed by atoms with Gasteiger partial charge in [-0.3, -0.25) is 14.6 Å². The van der Waals surface area contributed by atoms with Crippen LogP contribution < -0.4 is 5.32 Å². The summed E-state index contributed by atoms with van der Waals surface area (Å²) in [5.74, 6) is -13.2. The third-order valence-corrected chi connectivity index (χ3v) is 6.94. The van der Waals surface area contributed by atoms with E-state index in [9.17, 15) is 37.1 Å². The van der Waals surface area contributed by atoms with Crippen LogP contribution in [-0.2, 0) is 20.8 Å². The van der Waals surface area contributed by atoms with Crippen molar-refractivity contribution in [3.8, 4) is 5.75 Å². The molecule has 0 aromatic heterocycles. The third-order valence-electron chi connectivity index (χ3n) is 5.24. The van der Waals surface area contributed by atoms with Crippen LogP contribution in [0.2, 0.25) is 25.7 Å². The lowest BCUT2D eigenvalue weighted by atomic mass is 9.97. The summed E-state index contributed by atoms with van der Waals surface area (Å²) >= 11 is 0. The fraction of sp³-hybridized carbons (Fsp3) is 0.407. The van der Waals surface area contributed by atoms with Gasteiger partial charge in [-0.1, -0.05) is 25.7 Å². The number of phenolic OH excluding ortho intramolecular Hbond substituents is 1. The molecule has 2 rings (SSSR count). The van der Waals surface area contributed by atoms with Crippen molar-refractivity contribution in [3.05, 3.63) is 58.7 Å². The van der Waals surface area contributed by atoms with Gasteiger partial charge in [0.25, 0.3) is 0 Å². The molecule has 0 aliphatic carbocycles. The molecule has 0 saturated heterocycles. The summed E-state index contributed by atoms with van der Waals surface area (Å²) in [4.78, 5) is 41.5. The van der Waals surface area contributed by atoms with E-state index >= 15 is 0 Å². The van der Waals surface area contributed by atoms with E-state index < -0.39 is 72.0 Å². The number of aliphatic imine (C=N–C) groups is 1. The Morgan fingerprint density at radius 1 is 1.05 bits per heavy atom. The Morgan fingerprint density at radius 3 is 2.27 bits per heavy atom. The maximum Gasteiger partial charge on any atom is 0.407 e. The molecule has 0 aliphatic heterocycles. The third kappa shape index (κ3) is 9.47. The highest BCUT2D eigenvalue weighted by Gasteiger charge is 2.34. The number of hydrogen-bond donors (Lipinski definition) is 2. The van der Waals surface area contributed by atoms with E-state index in [1.54, 1.807) is 0 Å². The zero-order valence-electron chi connectivity index (χ0n) is 23.0. The Balaban J connectivity index is 2.25. The van der Waals surface area contributed by atoms with Crippen LogP contribution in [0.3, 0.4) is 0 Å². The molecule has 0 aliphatic rings. The maximum atomic E-state index is 14.3. The largest absolute Gasteiger partial charge is 0.506 e. The molecule has 2 aromatic carbocycles. The highest BCUT2D eigenvalue weighted by Crippen LogP contribution is 2.28. The minimum absolute atomic E-state index is 0.0172. The number of Topliss-reactive ketones (excluding diaryl/α,β-unsaturated/α-hetero) is 1. The van der Waals surface area contributed by atoms with E-state index in [1.165, 1.54) is 39.0 Å². The van der Waals surface area contributed by atoms with Crippen molar-refractivity contribution in [3.63, 3.8) is 0 Å². The number of carbonyl (C=O) groups is 3. The zero-order chi connectivity index (χ0) is 30.4. The summed E-state index contributed by atoms with van der Waals surface area (Å²) in [5.41, 5.74) is -1.98. The van der Waals surface area contributed by atoms with E-state index in [4.69, 9.17) is 9.47 Å². The monoisotopic (exact) mass is 584 g/mol. The predicted molar refractivity (Wildman–Crippen MR) is 143 cm³/mol. The van der Waals surface area contributed by atoms with Gasteiger partial charge in [-0.25, -0.2) is 22.4 Å². The second-order valence-electron chi connectivity index (χ2n) is 11.1. The first-order valence-electron chi connectivity index (χ1n) is 12.3. The molecule has 2 aromatic rings. The van der Waals surface area contributed by atoms with Crippen molar-refractivity contribution >= 4 is 37.8 Å². The van der Waals surface area contributed by atoms with E-state index in [0.29, 0.717) is 12.2 Å². The van der Waals surface area contributed by atoms with Crippen molar-refractivity contribution in [2.45, 2.75) is 58.6 Å². The molecule has 0 spiro atoms. The van der Waals surface area contributed by atoms with Gasteiger partial charge in [0.05, 0.1) is 12.2 Å². The number of aromatic hydroxyl groups is 1. The SMILES string of the molecule is CC(C)(C)OC(=O)C(C=Nc1ccc(CNC(=O)OCC[Si](C)(C)C)cc1O)C(=O)c1cc(F)c(F)c(F)c1F. The molecule has 8 nitrogen and oxygen atoms in total. The van der Waals surface area contributed by atoms with Crippen LogP contribution in [0.25, 0.3) is 0 Å².